The molecule has 0 aliphatic carbocycles. The highest BCUT2D eigenvalue weighted by Crippen LogP contribution is 2.23. The number of rotatable bonds is 1. The van der Waals surface area contributed by atoms with Crippen molar-refractivity contribution >= 4 is 11.4 Å². The van der Waals surface area contributed by atoms with Crippen LogP contribution in [-0.4, -0.2) is 25.2 Å². The minimum atomic E-state index is -0.235. The van der Waals surface area contributed by atoms with E-state index in [0.717, 1.165) is 13.1 Å². The number of piperazine rings is 1. The van der Waals surface area contributed by atoms with Gasteiger partial charge in [0.2, 0.25) is 0 Å². The molecule has 0 radical (unpaired) electrons. The molecule has 2 rings (SSSR count). The Bertz CT molecular complexity index is 371. The molecule has 1 aromatic carbocycles. The molecule has 2 atom stereocenters. The van der Waals surface area contributed by atoms with Crippen molar-refractivity contribution in [1.29, 1.82) is 0 Å². The average molecular weight is 223 g/mol. The van der Waals surface area contributed by atoms with Crippen LogP contribution >= 0.6 is 0 Å². The van der Waals surface area contributed by atoms with Crippen LogP contribution in [-0.2, 0) is 0 Å². The van der Waals surface area contributed by atoms with Gasteiger partial charge in [-0.05, 0) is 32.0 Å². The van der Waals surface area contributed by atoms with E-state index < -0.39 is 0 Å². The minimum absolute atomic E-state index is 0.235. The normalized spacial score (nSPS) is 25.8. The lowest BCUT2D eigenvalue weighted by Crippen LogP contribution is -2.54. The molecule has 0 bridgehead atoms. The smallest absolute Gasteiger partial charge is 0.148 e. The van der Waals surface area contributed by atoms with Gasteiger partial charge in [-0.15, -0.1) is 0 Å². The first-order chi connectivity index (χ1) is 7.56. The molecule has 1 aromatic rings. The second kappa shape index (κ2) is 4.29. The molecular formula is C12H18FN3. The highest BCUT2D eigenvalue weighted by atomic mass is 19.1. The topological polar surface area (TPSA) is 41.3 Å². The van der Waals surface area contributed by atoms with Gasteiger partial charge in [0.15, 0.2) is 0 Å². The van der Waals surface area contributed by atoms with Gasteiger partial charge in [-0.3, -0.25) is 0 Å². The third kappa shape index (κ3) is 2.27. The molecule has 0 aromatic heterocycles. The summed E-state index contributed by atoms with van der Waals surface area (Å²) in [4.78, 5) is 2.07. The van der Waals surface area contributed by atoms with Crippen LogP contribution in [0.25, 0.3) is 0 Å². The molecule has 1 fully saturated rings. The van der Waals surface area contributed by atoms with Crippen molar-refractivity contribution in [3.63, 3.8) is 0 Å². The fraction of sp³-hybridized carbons (Fsp3) is 0.500. The second-order valence-electron chi connectivity index (χ2n) is 4.58. The fourth-order valence-electron chi connectivity index (χ4n) is 2.30. The molecule has 88 valence electrons. The third-order valence-electron chi connectivity index (χ3n) is 2.87. The first kappa shape index (κ1) is 11.2. The maximum absolute atomic E-state index is 13.7. The van der Waals surface area contributed by atoms with Gasteiger partial charge >= 0.3 is 0 Å². The highest BCUT2D eigenvalue weighted by molar-refractivity contribution is 5.55. The third-order valence-corrected chi connectivity index (χ3v) is 2.87. The van der Waals surface area contributed by atoms with Crippen LogP contribution in [0.4, 0.5) is 15.8 Å². The summed E-state index contributed by atoms with van der Waals surface area (Å²) in [6, 6.07) is 5.64. The predicted octanol–water partition coefficient (Wildman–Crippen LogP) is 1.59. The molecule has 3 nitrogen and oxygen atoms in total. The molecule has 1 aliphatic heterocycles. The van der Waals surface area contributed by atoms with E-state index in [9.17, 15) is 4.39 Å². The van der Waals surface area contributed by atoms with Gasteiger partial charge in [0.05, 0.1) is 5.69 Å². The summed E-state index contributed by atoms with van der Waals surface area (Å²) in [5.41, 5.74) is 6.66. The van der Waals surface area contributed by atoms with Gasteiger partial charge < -0.3 is 16.0 Å². The van der Waals surface area contributed by atoms with E-state index >= 15 is 0 Å². The number of benzene rings is 1. The Morgan fingerprint density at radius 2 is 1.94 bits per heavy atom. The lowest BCUT2D eigenvalue weighted by Gasteiger charge is -2.37. The number of nitrogens with two attached hydrogens (primary N) is 1. The Kier molecular flexibility index (Phi) is 3.01. The standard InChI is InChI=1S/C12H18FN3/c1-8-6-16(7-9(2)15-8)12-4-3-10(14)5-11(12)13/h3-5,8-9,15H,6-7,14H2,1-2H3/t8-,9+. The van der Waals surface area contributed by atoms with Gasteiger partial charge in [0.1, 0.15) is 5.82 Å². The van der Waals surface area contributed by atoms with Crippen LogP contribution in [0, 0.1) is 5.82 Å². The van der Waals surface area contributed by atoms with E-state index in [1.165, 1.54) is 6.07 Å². The largest absolute Gasteiger partial charge is 0.399 e. The van der Waals surface area contributed by atoms with Crippen LogP contribution in [0.15, 0.2) is 18.2 Å². The van der Waals surface area contributed by atoms with Crippen molar-refractivity contribution in [2.45, 2.75) is 25.9 Å². The maximum Gasteiger partial charge on any atom is 0.148 e. The number of hydrogen-bond donors (Lipinski definition) is 2. The SMILES string of the molecule is C[C@@H]1CN(c2ccc(N)cc2F)C[C@H](C)N1. The van der Waals surface area contributed by atoms with E-state index in [4.69, 9.17) is 5.73 Å². The van der Waals surface area contributed by atoms with Crippen molar-refractivity contribution in [1.82, 2.24) is 5.32 Å². The van der Waals surface area contributed by atoms with E-state index in [1.807, 2.05) is 0 Å². The van der Waals surface area contributed by atoms with Gasteiger partial charge in [-0.1, -0.05) is 0 Å². The zero-order chi connectivity index (χ0) is 11.7. The minimum Gasteiger partial charge on any atom is -0.399 e. The predicted molar refractivity (Wildman–Crippen MR) is 65.1 cm³/mol. The number of nitrogen functional groups attached to an aromatic ring is 1. The van der Waals surface area contributed by atoms with Crippen molar-refractivity contribution in [2.24, 2.45) is 0 Å². The molecule has 1 saturated heterocycles. The summed E-state index contributed by atoms with van der Waals surface area (Å²) >= 11 is 0. The van der Waals surface area contributed by atoms with Crippen LogP contribution in [0.1, 0.15) is 13.8 Å². The quantitative estimate of drug-likeness (QED) is 0.710. The second-order valence-corrected chi connectivity index (χ2v) is 4.58. The first-order valence-corrected chi connectivity index (χ1v) is 5.62. The molecule has 1 heterocycles. The van der Waals surface area contributed by atoms with Crippen LogP contribution in [0.5, 0.6) is 0 Å². The Labute approximate surface area is 95.4 Å². The summed E-state index contributed by atoms with van der Waals surface area (Å²) in [7, 11) is 0. The Morgan fingerprint density at radius 3 is 2.50 bits per heavy atom. The molecule has 0 saturated carbocycles. The van der Waals surface area contributed by atoms with Crippen molar-refractivity contribution in [3.8, 4) is 0 Å². The van der Waals surface area contributed by atoms with Crippen LogP contribution < -0.4 is 16.0 Å². The molecule has 3 N–H and O–H groups in total. The van der Waals surface area contributed by atoms with Crippen LogP contribution in [0.3, 0.4) is 0 Å². The summed E-state index contributed by atoms with van der Waals surface area (Å²) < 4.78 is 13.7. The first-order valence-electron chi connectivity index (χ1n) is 5.62. The number of halogens is 1. The van der Waals surface area contributed by atoms with E-state index in [1.54, 1.807) is 12.1 Å². The van der Waals surface area contributed by atoms with Gasteiger partial charge in [0.25, 0.3) is 0 Å². The van der Waals surface area contributed by atoms with Crippen molar-refractivity contribution in [3.05, 3.63) is 24.0 Å². The van der Waals surface area contributed by atoms with E-state index in [2.05, 4.69) is 24.1 Å². The number of nitrogens with zero attached hydrogens (tertiary/aromatic N) is 1. The molecule has 0 amide bonds. The summed E-state index contributed by atoms with van der Waals surface area (Å²) in [5, 5.41) is 3.42. The van der Waals surface area contributed by atoms with Crippen molar-refractivity contribution < 1.29 is 4.39 Å². The van der Waals surface area contributed by atoms with E-state index in [-0.39, 0.29) is 5.82 Å². The number of hydrogen-bond acceptors (Lipinski definition) is 3. The summed E-state index contributed by atoms with van der Waals surface area (Å²) in [6.45, 7) is 5.87. The van der Waals surface area contributed by atoms with Gasteiger partial charge in [-0.25, -0.2) is 4.39 Å². The molecule has 1 aliphatic rings. The Hall–Kier alpha value is -1.29. The zero-order valence-electron chi connectivity index (χ0n) is 9.70. The monoisotopic (exact) mass is 223 g/mol. The van der Waals surface area contributed by atoms with E-state index in [0.29, 0.717) is 23.5 Å². The lowest BCUT2D eigenvalue weighted by molar-refractivity contribution is 0.404. The molecule has 4 heteroatoms. The Balaban J connectivity index is 2.23. The summed E-state index contributed by atoms with van der Waals surface area (Å²) in [5.74, 6) is -0.235. The lowest BCUT2D eigenvalue weighted by atomic mass is 10.1. The fourth-order valence-corrected chi connectivity index (χ4v) is 2.30. The van der Waals surface area contributed by atoms with Gasteiger partial charge in [-0.2, -0.15) is 0 Å². The molecule has 0 spiro atoms. The number of anilines is 2. The average Bonchev–Trinajstić information content (AvgIpc) is 2.15. The zero-order valence-corrected chi connectivity index (χ0v) is 9.70. The molecule has 0 unspecified atom stereocenters. The molecule has 16 heavy (non-hydrogen) atoms. The highest BCUT2D eigenvalue weighted by Gasteiger charge is 2.22. The van der Waals surface area contributed by atoms with Crippen LogP contribution in [0.2, 0.25) is 0 Å². The van der Waals surface area contributed by atoms with Crippen molar-refractivity contribution in [2.75, 3.05) is 23.7 Å². The van der Waals surface area contributed by atoms with Gasteiger partial charge in [0, 0.05) is 30.9 Å². The summed E-state index contributed by atoms with van der Waals surface area (Å²) in [6.07, 6.45) is 0. The molecular weight excluding hydrogens is 205 g/mol. The number of nitrogens with one attached hydrogen (secondary N) is 1. The Morgan fingerprint density at radius 1 is 1.31 bits per heavy atom. The maximum atomic E-state index is 13.7.